The highest BCUT2D eigenvalue weighted by atomic mass is 32.2. The van der Waals surface area contributed by atoms with Gasteiger partial charge in [-0.3, -0.25) is 9.59 Å². The van der Waals surface area contributed by atoms with Gasteiger partial charge in [-0.05, 0) is 42.3 Å². The summed E-state index contributed by atoms with van der Waals surface area (Å²) in [5.74, 6) is -1.84. The number of ketones is 1. The molecule has 2 aromatic rings. The molecule has 0 bridgehead atoms. The standard InChI is InChI=1S/C22H19F4NO5S/c1-30-17-6-4-13(9-15(17)23)3-5-16(28)14-10-19-20(33-12-32-19)11-18(14)31-8-2-7-27-21(29)22(24,25)26/h3-6,9-11H,2,7-8,12H2,1H3,(H,27,29)/b5-3+. The maximum Gasteiger partial charge on any atom is 0.471 e. The van der Waals surface area contributed by atoms with Gasteiger partial charge in [-0.2, -0.15) is 13.2 Å². The molecule has 0 fully saturated rings. The molecule has 11 heteroatoms. The average molecular weight is 485 g/mol. The number of fused-ring (bicyclic) bond motifs is 1. The predicted molar refractivity (Wildman–Crippen MR) is 113 cm³/mol. The SMILES string of the molecule is COc1ccc(/C=C/C(=O)c2cc3c(cc2OCCCNC(=O)C(F)(F)F)SCO3)cc1F. The van der Waals surface area contributed by atoms with Crippen LogP contribution in [0.2, 0.25) is 0 Å². The fourth-order valence-corrected chi connectivity index (χ4v) is 3.60. The van der Waals surface area contributed by atoms with E-state index >= 15 is 0 Å². The third-order valence-corrected chi connectivity index (χ3v) is 5.33. The first-order valence-electron chi connectivity index (χ1n) is 9.66. The first kappa shape index (κ1) is 24.4. The van der Waals surface area contributed by atoms with Crippen molar-refractivity contribution in [3.05, 3.63) is 53.4 Å². The average Bonchev–Trinajstić information content (AvgIpc) is 3.23. The summed E-state index contributed by atoms with van der Waals surface area (Å²) >= 11 is 1.40. The van der Waals surface area contributed by atoms with Crippen LogP contribution in [-0.4, -0.2) is 44.1 Å². The molecule has 33 heavy (non-hydrogen) atoms. The summed E-state index contributed by atoms with van der Waals surface area (Å²) in [4.78, 5) is 24.4. The number of allylic oxidation sites excluding steroid dienone is 1. The van der Waals surface area contributed by atoms with Gasteiger partial charge >= 0.3 is 12.1 Å². The lowest BCUT2D eigenvalue weighted by molar-refractivity contribution is -0.173. The van der Waals surface area contributed by atoms with E-state index in [-0.39, 0.29) is 36.6 Å². The third kappa shape index (κ3) is 6.41. The molecule has 0 saturated heterocycles. The summed E-state index contributed by atoms with van der Waals surface area (Å²) in [6.07, 6.45) is -2.17. The number of hydrogen-bond acceptors (Lipinski definition) is 6. The second-order valence-corrected chi connectivity index (χ2v) is 7.71. The molecule has 0 atom stereocenters. The summed E-state index contributed by atoms with van der Waals surface area (Å²) in [6, 6.07) is 7.39. The van der Waals surface area contributed by atoms with Crippen LogP contribution in [0.4, 0.5) is 17.6 Å². The van der Waals surface area contributed by atoms with Crippen LogP contribution >= 0.6 is 11.8 Å². The molecule has 1 aliphatic rings. The van der Waals surface area contributed by atoms with Crippen molar-refractivity contribution in [1.82, 2.24) is 5.32 Å². The molecule has 1 aliphatic heterocycles. The van der Waals surface area contributed by atoms with Gasteiger partial charge < -0.3 is 19.5 Å². The quantitative estimate of drug-likeness (QED) is 0.242. The molecule has 6 nitrogen and oxygen atoms in total. The second-order valence-electron chi connectivity index (χ2n) is 6.75. The lowest BCUT2D eigenvalue weighted by atomic mass is 10.1. The van der Waals surface area contributed by atoms with Gasteiger partial charge in [0.05, 0.1) is 24.2 Å². The van der Waals surface area contributed by atoms with E-state index in [1.54, 1.807) is 17.4 Å². The summed E-state index contributed by atoms with van der Waals surface area (Å²) in [5, 5.41) is 1.75. The molecule has 2 aromatic carbocycles. The summed E-state index contributed by atoms with van der Waals surface area (Å²) in [6.45, 7) is -0.274. The number of benzene rings is 2. The van der Waals surface area contributed by atoms with E-state index in [1.807, 2.05) is 0 Å². The molecule has 1 amide bonds. The molecule has 0 saturated carbocycles. The molecule has 0 unspecified atom stereocenters. The number of halogens is 4. The summed E-state index contributed by atoms with van der Waals surface area (Å²) in [7, 11) is 1.34. The van der Waals surface area contributed by atoms with Crippen LogP contribution in [0.15, 0.2) is 41.3 Å². The van der Waals surface area contributed by atoms with Crippen molar-refractivity contribution in [2.24, 2.45) is 0 Å². The Morgan fingerprint density at radius 2 is 2.00 bits per heavy atom. The van der Waals surface area contributed by atoms with Gasteiger partial charge in [0.1, 0.15) is 17.4 Å². The Morgan fingerprint density at radius 1 is 1.21 bits per heavy atom. The van der Waals surface area contributed by atoms with Crippen LogP contribution in [-0.2, 0) is 4.79 Å². The number of carbonyl (C=O) groups excluding carboxylic acids is 2. The minimum Gasteiger partial charge on any atom is -0.494 e. The maximum absolute atomic E-state index is 13.9. The fraction of sp³-hybridized carbons (Fsp3) is 0.273. The number of carbonyl (C=O) groups is 2. The third-order valence-electron chi connectivity index (χ3n) is 4.46. The van der Waals surface area contributed by atoms with E-state index in [1.165, 1.54) is 49.2 Å². The zero-order valence-electron chi connectivity index (χ0n) is 17.3. The van der Waals surface area contributed by atoms with E-state index in [9.17, 15) is 27.2 Å². The number of thioether (sulfide) groups is 1. The molecule has 1 N–H and O–H groups in total. The van der Waals surface area contributed by atoms with Gasteiger partial charge in [-0.1, -0.05) is 23.9 Å². The van der Waals surface area contributed by atoms with Gasteiger partial charge in [0.15, 0.2) is 17.3 Å². The molecule has 0 spiro atoms. The first-order valence-corrected chi connectivity index (χ1v) is 10.6. The lowest BCUT2D eigenvalue weighted by Gasteiger charge is -2.12. The Kier molecular flexibility index (Phi) is 7.85. The Bertz CT molecular complexity index is 1070. The topological polar surface area (TPSA) is 73.9 Å². The number of nitrogens with one attached hydrogen (secondary N) is 1. The van der Waals surface area contributed by atoms with Gasteiger partial charge in [-0.15, -0.1) is 0 Å². The largest absolute Gasteiger partial charge is 0.494 e. The smallest absolute Gasteiger partial charge is 0.471 e. The molecular weight excluding hydrogens is 466 g/mol. The zero-order valence-corrected chi connectivity index (χ0v) is 18.1. The van der Waals surface area contributed by atoms with Gasteiger partial charge in [-0.25, -0.2) is 4.39 Å². The maximum atomic E-state index is 13.9. The molecule has 0 radical (unpaired) electrons. The number of rotatable bonds is 9. The summed E-state index contributed by atoms with van der Waals surface area (Å²) in [5.41, 5.74) is 0.623. The van der Waals surface area contributed by atoms with E-state index in [0.29, 0.717) is 17.3 Å². The fourth-order valence-electron chi connectivity index (χ4n) is 2.84. The minimum atomic E-state index is -4.95. The molecular formula is C22H19F4NO5S. The highest BCUT2D eigenvalue weighted by Gasteiger charge is 2.38. The van der Waals surface area contributed by atoms with Crippen molar-refractivity contribution >= 4 is 29.5 Å². The van der Waals surface area contributed by atoms with Gasteiger partial charge in [0.2, 0.25) is 0 Å². The molecule has 176 valence electrons. The molecule has 3 rings (SSSR count). The monoisotopic (exact) mass is 485 g/mol. The second kappa shape index (κ2) is 10.6. The lowest BCUT2D eigenvalue weighted by Crippen LogP contribution is -2.37. The van der Waals surface area contributed by atoms with Crippen molar-refractivity contribution in [2.75, 3.05) is 26.2 Å². The van der Waals surface area contributed by atoms with E-state index < -0.39 is 23.7 Å². The zero-order chi connectivity index (χ0) is 24.0. The van der Waals surface area contributed by atoms with Crippen molar-refractivity contribution in [3.8, 4) is 17.2 Å². The Hall–Kier alpha value is -3.21. The van der Waals surface area contributed by atoms with Crippen LogP contribution < -0.4 is 19.5 Å². The number of methoxy groups -OCH3 is 1. The Morgan fingerprint density at radius 3 is 2.70 bits per heavy atom. The van der Waals surface area contributed by atoms with Crippen LogP contribution in [0.3, 0.4) is 0 Å². The van der Waals surface area contributed by atoms with E-state index in [4.69, 9.17) is 14.2 Å². The number of alkyl halides is 3. The minimum absolute atomic E-state index is 0.0316. The van der Waals surface area contributed by atoms with Crippen molar-refractivity contribution in [1.29, 1.82) is 0 Å². The van der Waals surface area contributed by atoms with Gasteiger partial charge in [0, 0.05) is 6.54 Å². The first-order chi connectivity index (χ1) is 15.7. The molecule has 0 aliphatic carbocycles. The highest BCUT2D eigenvalue weighted by molar-refractivity contribution is 7.99. The van der Waals surface area contributed by atoms with Crippen molar-refractivity contribution in [3.63, 3.8) is 0 Å². The van der Waals surface area contributed by atoms with Gasteiger partial charge in [0.25, 0.3) is 0 Å². The van der Waals surface area contributed by atoms with Crippen LogP contribution in [0.25, 0.3) is 6.08 Å². The molecule has 0 aromatic heterocycles. The predicted octanol–water partition coefficient (Wildman–Crippen LogP) is 4.62. The Labute approximate surface area is 190 Å². The number of hydrogen-bond donors (Lipinski definition) is 1. The number of amides is 1. The molecule has 1 heterocycles. The normalized spacial score (nSPS) is 12.9. The van der Waals surface area contributed by atoms with E-state index in [2.05, 4.69) is 0 Å². The van der Waals surface area contributed by atoms with Crippen LogP contribution in [0, 0.1) is 5.82 Å². The number of ether oxygens (including phenoxy) is 3. The highest BCUT2D eigenvalue weighted by Crippen LogP contribution is 2.41. The Balaban J connectivity index is 1.68. The van der Waals surface area contributed by atoms with Crippen molar-refractivity contribution < 1.29 is 41.4 Å². The summed E-state index contributed by atoms with van der Waals surface area (Å²) < 4.78 is 66.5. The van der Waals surface area contributed by atoms with E-state index in [0.717, 1.165) is 4.90 Å². The van der Waals surface area contributed by atoms with Crippen molar-refractivity contribution in [2.45, 2.75) is 17.5 Å². The van der Waals surface area contributed by atoms with Crippen LogP contribution in [0.5, 0.6) is 17.2 Å². The van der Waals surface area contributed by atoms with Crippen LogP contribution in [0.1, 0.15) is 22.3 Å².